The fraction of sp³-hybridized carbons (Fsp3) is 0.273. The third-order valence-corrected chi connectivity index (χ3v) is 6.14. The summed E-state index contributed by atoms with van der Waals surface area (Å²) in [5, 5.41) is 11.7. The Bertz CT molecular complexity index is 1120. The summed E-state index contributed by atoms with van der Waals surface area (Å²) in [5.74, 6) is 0.730. The van der Waals surface area contributed by atoms with Gasteiger partial charge in [0.25, 0.3) is 5.69 Å². The van der Waals surface area contributed by atoms with Gasteiger partial charge in [0, 0.05) is 44.4 Å². The molecule has 160 valence electrons. The molecule has 3 aromatic rings. The number of fused-ring (bicyclic) bond motifs is 1. The number of hydrogen-bond donors (Lipinski definition) is 0. The Morgan fingerprint density at radius 1 is 1.19 bits per heavy atom. The summed E-state index contributed by atoms with van der Waals surface area (Å²) < 4.78 is 6.77. The Kier molecular flexibility index (Phi) is 6.13. The maximum absolute atomic E-state index is 12.5. The lowest BCUT2D eigenvalue weighted by Gasteiger charge is -2.34. The average Bonchev–Trinajstić information content (AvgIpc) is 3.23. The summed E-state index contributed by atoms with van der Waals surface area (Å²) in [6.45, 7) is 5.19. The molecule has 4 rings (SSSR count). The highest BCUT2D eigenvalue weighted by molar-refractivity contribution is 7.22. The van der Waals surface area contributed by atoms with Crippen LogP contribution in [-0.4, -0.2) is 53.5 Å². The van der Waals surface area contributed by atoms with E-state index in [-0.39, 0.29) is 11.6 Å². The standard InChI is InChI=1S/C22H22N4O4S/c1-2-30-18-4-3-5-19-21(18)23-22(31-19)25-14-12-24(13-15-25)20(27)11-8-16-6-9-17(10-7-16)26(28)29/h3-11H,2,12-15H2,1H3/b11-8-. The van der Waals surface area contributed by atoms with Gasteiger partial charge in [-0.25, -0.2) is 4.98 Å². The second-order valence-corrected chi connectivity index (χ2v) is 8.04. The predicted molar refractivity (Wildman–Crippen MR) is 122 cm³/mol. The maximum Gasteiger partial charge on any atom is 0.269 e. The minimum Gasteiger partial charge on any atom is -0.492 e. The van der Waals surface area contributed by atoms with Crippen molar-refractivity contribution in [3.63, 3.8) is 0 Å². The van der Waals surface area contributed by atoms with Crippen LogP contribution in [0.5, 0.6) is 5.75 Å². The quantitative estimate of drug-likeness (QED) is 0.329. The third kappa shape index (κ3) is 4.66. The number of amides is 1. The number of thiazole rings is 1. The Morgan fingerprint density at radius 3 is 2.61 bits per heavy atom. The monoisotopic (exact) mass is 438 g/mol. The van der Waals surface area contributed by atoms with Crippen molar-refractivity contribution in [3.8, 4) is 5.75 Å². The number of carbonyl (C=O) groups excluding carboxylic acids is 1. The zero-order valence-corrected chi connectivity index (χ0v) is 17.9. The minimum atomic E-state index is -0.443. The average molecular weight is 439 g/mol. The number of hydrogen-bond acceptors (Lipinski definition) is 7. The molecule has 1 aliphatic rings. The van der Waals surface area contributed by atoms with Gasteiger partial charge in [0.05, 0.1) is 16.2 Å². The SMILES string of the molecule is CCOc1cccc2sc(N3CCN(C(=O)/C=C\c4ccc([N+](=O)[O-])cc4)CC3)nc12. The summed E-state index contributed by atoms with van der Waals surface area (Å²) in [4.78, 5) is 31.6. The molecule has 0 bridgehead atoms. The van der Waals surface area contributed by atoms with Crippen molar-refractivity contribution in [3.05, 3.63) is 64.2 Å². The Morgan fingerprint density at radius 2 is 1.94 bits per heavy atom. The molecule has 0 radical (unpaired) electrons. The molecular weight excluding hydrogens is 416 g/mol. The molecule has 2 aromatic carbocycles. The summed E-state index contributed by atoms with van der Waals surface area (Å²) in [6.07, 6.45) is 3.20. The number of nitrogens with zero attached hydrogens (tertiary/aromatic N) is 4. The Labute approximate surface area is 183 Å². The third-order valence-electron chi connectivity index (χ3n) is 5.05. The van der Waals surface area contributed by atoms with Gasteiger partial charge in [0.15, 0.2) is 5.13 Å². The Balaban J connectivity index is 1.37. The Hall–Kier alpha value is -3.46. The number of rotatable bonds is 6. The van der Waals surface area contributed by atoms with E-state index in [1.54, 1.807) is 34.4 Å². The van der Waals surface area contributed by atoms with E-state index in [0.29, 0.717) is 32.8 Å². The molecule has 0 saturated carbocycles. The van der Waals surface area contributed by atoms with Crippen molar-refractivity contribution in [2.24, 2.45) is 0 Å². The molecule has 8 nitrogen and oxygen atoms in total. The van der Waals surface area contributed by atoms with Crippen molar-refractivity contribution in [1.29, 1.82) is 0 Å². The van der Waals surface area contributed by atoms with E-state index >= 15 is 0 Å². The van der Waals surface area contributed by atoms with Gasteiger partial charge in [-0.1, -0.05) is 17.4 Å². The van der Waals surface area contributed by atoms with E-state index in [1.165, 1.54) is 18.2 Å². The van der Waals surface area contributed by atoms with Crippen LogP contribution in [0, 0.1) is 10.1 Å². The summed E-state index contributed by atoms with van der Waals surface area (Å²) in [7, 11) is 0. The van der Waals surface area contributed by atoms with Crippen LogP contribution in [0.4, 0.5) is 10.8 Å². The van der Waals surface area contributed by atoms with Gasteiger partial charge in [-0.3, -0.25) is 14.9 Å². The van der Waals surface area contributed by atoms with Crippen LogP contribution >= 0.6 is 11.3 Å². The smallest absolute Gasteiger partial charge is 0.269 e. The number of aromatic nitrogens is 1. The van der Waals surface area contributed by atoms with Gasteiger partial charge in [0.1, 0.15) is 11.3 Å². The van der Waals surface area contributed by atoms with Gasteiger partial charge >= 0.3 is 0 Å². The van der Waals surface area contributed by atoms with Crippen molar-refractivity contribution in [1.82, 2.24) is 9.88 Å². The molecule has 31 heavy (non-hydrogen) atoms. The van der Waals surface area contributed by atoms with Crippen LogP contribution in [0.15, 0.2) is 48.5 Å². The van der Waals surface area contributed by atoms with Crippen molar-refractivity contribution in [2.75, 3.05) is 37.7 Å². The summed E-state index contributed by atoms with van der Waals surface area (Å²) >= 11 is 1.63. The van der Waals surface area contributed by atoms with Crippen molar-refractivity contribution >= 4 is 44.4 Å². The van der Waals surface area contributed by atoms with Crippen molar-refractivity contribution in [2.45, 2.75) is 6.92 Å². The van der Waals surface area contributed by atoms with E-state index in [2.05, 4.69) is 4.90 Å². The van der Waals surface area contributed by atoms with Crippen LogP contribution in [0.25, 0.3) is 16.3 Å². The van der Waals surface area contributed by atoms with Crippen LogP contribution in [0.1, 0.15) is 12.5 Å². The van der Waals surface area contributed by atoms with E-state index in [4.69, 9.17) is 9.72 Å². The van der Waals surface area contributed by atoms with Crippen LogP contribution in [-0.2, 0) is 4.79 Å². The van der Waals surface area contributed by atoms with E-state index in [9.17, 15) is 14.9 Å². The number of ether oxygens (including phenoxy) is 1. The number of carbonyl (C=O) groups is 1. The number of benzene rings is 2. The molecule has 0 unspecified atom stereocenters. The second kappa shape index (κ2) is 9.13. The number of para-hydroxylation sites is 1. The highest BCUT2D eigenvalue weighted by Crippen LogP contribution is 2.34. The zero-order chi connectivity index (χ0) is 21.8. The van der Waals surface area contributed by atoms with Gasteiger partial charge in [0.2, 0.25) is 5.91 Å². The van der Waals surface area contributed by atoms with E-state index in [0.717, 1.165) is 26.7 Å². The first-order chi connectivity index (χ1) is 15.0. The largest absolute Gasteiger partial charge is 0.492 e. The van der Waals surface area contributed by atoms with E-state index in [1.807, 2.05) is 25.1 Å². The molecule has 1 saturated heterocycles. The molecule has 0 aliphatic carbocycles. The van der Waals surface area contributed by atoms with Gasteiger partial charge in [-0.15, -0.1) is 0 Å². The fourth-order valence-electron chi connectivity index (χ4n) is 3.42. The first kappa shape index (κ1) is 20.8. The summed E-state index contributed by atoms with van der Waals surface area (Å²) in [6, 6.07) is 12.1. The highest BCUT2D eigenvalue weighted by Gasteiger charge is 2.22. The molecule has 0 spiro atoms. The number of non-ortho nitro benzene ring substituents is 1. The topological polar surface area (TPSA) is 88.8 Å². The highest BCUT2D eigenvalue weighted by atomic mass is 32.1. The minimum absolute atomic E-state index is 0.0304. The lowest BCUT2D eigenvalue weighted by atomic mass is 10.2. The van der Waals surface area contributed by atoms with Gasteiger partial charge in [-0.2, -0.15) is 0 Å². The molecular formula is C22H22N4O4S. The molecule has 0 atom stereocenters. The molecule has 9 heteroatoms. The molecule has 1 fully saturated rings. The lowest BCUT2D eigenvalue weighted by Crippen LogP contribution is -2.48. The molecule has 1 aromatic heterocycles. The predicted octanol–water partition coefficient (Wildman–Crippen LogP) is 3.97. The fourth-order valence-corrected chi connectivity index (χ4v) is 4.45. The number of piperazine rings is 1. The number of anilines is 1. The second-order valence-electron chi connectivity index (χ2n) is 7.03. The van der Waals surface area contributed by atoms with Gasteiger partial charge in [-0.05, 0) is 42.8 Å². The lowest BCUT2D eigenvalue weighted by molar-refractivity contribution is -0.384. The molecule has 1 aliphatic heterocycles. The summed E-state index contributed by atoms with van der Waals surface area (Å²) in [5.41, 5.74) is 1.66. The molecule has 1 amide bonds. The van der Waals surface area contributed by atoms with Crippen LogP contribution < -0.4 is 9.64 Å². The first-order valence-corrected chi connectivity index (χ1v) is 10.9. The number of nitro benzene ring substituents is 1. The maximum atomic E-state index is 12.5. The van der Waals surface area contributed by atoms with Crippen molar-refractivity contribution < 1.29 is 14.5 Å². The first-order valence-electron chi connectivity index (χ1n) is 10.0. The molecule has 2 heterocycles. The van der Waals surface area contributed by atoms with E-state index < -0.39 is 4.92 Å². The normalized spacial score (nSPS) is 14.4. The van der Waals surface area contributed by atoms with Crippen LogP contribution in [0.3, 0.4) is 0 Å². The molecule has 0 N–H and O–H groups in total. The number of nitro groups is 1. The van der Waals surface area contributed by atoms with Crippen LogP contribution in [0.2, 0.25) is 0 Å². The zero-order valence-electron chi connectivity index (χ0n) is 17.1. The van der Waals surface area contributed by atoms with Gasteiger partial charge < -0.3 is 14.5 Å².